The number of carboxylic acids is 1. The van der Waals surface area contributed by atoms with Crippen molar-refractivity contribution >= 4 is 32.7 Å². The summed E-state index contributed by atoms with van der Waals surface area (Å²) in [6, 6.07) is 6.96. The van der Waals surface area contributed by atoms with E-state index in [1.165, 1.54) is 24.3 Å². The number of benzene rings is 1. The number of halogens is 2. The number of rotatable bonds is 4. The van der Waals surface area contributed by atoms with E-state index >= 15 is 0 Å². The lowest BCUT2D eigenvalue weighted by molar-refractivity contribution is 0.0656. The number of hydrogen-bond donors (Lipinski definition) is 1. The van der Waals surface area contributed by atoms with E-state index in [2.05, 4.69) is 15.9 Å². The van der Waals surface area contributed by atoms with Gasteiger partial charge in [-0.2, -0.15) is 0 Å². The third-order valence-electron chi connectivity index (χ3n) is 2.32. The van der Waals surface area contributed by atoms with Gasteiger partial charge in [-0.3, -0.25) is 4.21 Å². The van der Waals surface area contributed by atoms with Crippen molar-refractivity contribution < 1.29 is 22.9 Å². The van der Waals surface area contributed by atoms with Crippen molar-refractivity contribution in [3.05, 3.63) is 51.9 Å². The first-order chi connectivity index (χ1) is 8.97. The third-order valence-corrected chi connectivity index (χ3v) is 4.05. The first-order valence-corrected chi connectivity index (χ1v) is 7.24. The van der Waals surface area contributed by atoms with Gasteiger partial charge >= 0.3 is 5.97 Å². The minimum absolute atomic E-state index is 0.0136. The van der Waals surface area contributed by atoms with Crippen LogP contribution in [0.5, 0.6) is 0 Å². The number of aromatic carboxylic acids is 1. The predicted octanol–water partition coefficient (Wildman–Crippen LogP) is 3.19. The highest BCUT2D eigenvalue weighted by Crippen LogP contribution is 2.20. The normalized spacial score (nSPS) is 12.3. The van der Waals surface area contributed by atoms with Gasteiger partial charge in [-0.15, -0.1) is 0 Å². The molecule has 0 saturated heterocycles. The van der Waals surface area contributed by atoms with Gasteiger partial charge < -0.3 is 9.52 Å². The molecule has 1 aromatic carbocycles. The zero-order chi connectivity index (χ0) is 14.0. The van der Waals surface area contributed by atoms with Gasteiger partial charge in [-0.1, -0.05) is 22.0 Å². The summed E-state index contributed by atoms with van der Waals surface area (Å²) >= 11 is 3.13. The average molecular weight is 347 g/mol. The lowest BCUT2D eigenvalue weighted by atomic mass is 10.2. The van der Waals surface area contributed by atoms with Crippen LogP contribution in [0.1, 0.15) is 16.1 Å². The van der Waals surface area contributed by atoms with Crippen LogP contribution in [0.4, 0.5) is 4.39 Å². The van der Waals surface area contributed by atoms with Gasteiger partial charge in [0.05, 0.1) is 16.6 Å². The Balaban J connectivity index is 2.18. The van der Waals surface area contributed by atoms with E-state index in [9.17, 15) is 13.4 Å². The van der Waals surface area contributed by atoms with E-state index in [4.69, 9.17) is 9.52 Å². The Kier molecular flexibility index (Phi) is 4.16. The van der Waals surface area contributed by atoms with E-state index in [0.717, 1.165) is 0 Å². The molecule has 19 heavy (non-hydrogen) atoms. The molecule has 7 heteroatoms. The van der Waals surface area contributed by atoms with Crippen LogP contribution >= 0.6 is 15.9 Å². The van der Waals surface area contributed by atoms with Gasteiger partial charge in [0.1, 0.15) is 5.82 Å². The summed E-state index contributed by atoms with van der Waals surface area (Å²) < 4.78 is 31.0. The number of furan rings is 1. The van der Waals surface area contributed by atoms with Crippen LogP contribution < -0.4 is 0 Å². The van der Waals surface area contributed by atoms with Crippen molar-refractivity contribution in [1.82, 2.24) is 0 Å². The second-order valence-corrected chi connectivity index (χ2v) is 5.95. The van der Waals surface area contributed by atoms with Crippen molar-refractivity contribution in [1.29, 1.82) is 0 Å². The van der Waals surface area contributed by atoms with Crippen LogP contribution in [-0.4, -0.2) is 15.3 Å². The smallest absolute Gasteiger partial charge is 0.371 e. The molecule has 0 saturated carbocycles. The molecule has 1 unspecified atom stereocenters. The number of hydrogen-bond acceptors (Lipinski definition) is 3. The lowest BCUT2D eigenvalue weighted by Gasteiger charge is -2.02. The molecule has 0 aliphatic carbocycles. The quantitative estimate of drug-likeness (QED) is 0.922. The van der Waals surface area contributed by atoms with Crippen molar-refractivity contribution in [2.24, 2.45) is 0 Å². The molecule has 0 amide bonds. The van der Waals surface area contributed by atoms with Gasteiger partial charge in [-0.05, 0) is 24.3 Å². The van der Waals surface area contributed by atoms with Crippen LogP contribution in [-0.2, 0) is 16.6 Å². The van der Waals surface area contributed by atoms with Crippen molar-refractivity contribution in [3.63, 3.8) is 0 Å². The number of carbonyl (C=O) groups is 1. The fourth-order valence-electron chi connectivity index (χ4n) is 1.41. The Labute approximate surface area is 118 Å². The van der Waals surface area contributed by atoms with Gasteiger partial charge in [0.25, 0.3) is 0 Å². The molecule has 1 atom stereocenters. The van der Waals surface area contributed by atoms with E-state index < -0.39 is 22.6 Å². The molecule has 0 radical (unpaired) electrons. The van der Waals surface area contributed by atoms with Crippen molar-refractivity contribution in [2.45, 2.75) is 10.8 Å². The number of carboxylic acid groups (broad SMARTS) is 1. The standard InChI is InChI=1S/C12H8BrFO4S/c13-8-2-1-7(9(14)5-8)6-19(17)11-4-3-10(18-11)12(15)16/h1-5H,6H2,(H,15,16). The van der Waals surface area contributed by atoms with Crippen molar-refractivity contribution in [3.8, 4) is 0 Å². The molecule has 1 heterocycles. The Hall–Kier alpha value is -1.47. The van der Waals surface area contributed by atoms with Crippen LogP contribution in [0.25, 0.3) is 0 Å². The fourth-order valence-corrected chi connectivity index (χ4v) is 2.80. The molecular formula is C12H8BrFO4S. The summed E-state index contributed by atoms with van der Waals surface area (Å²) in [5.41, 5.74) is 0.273. The third kappa shape index (κ3) is 3.30. The van der Waals surface area contributed by atoms with Crippen LogP contribution in [0.2, 0.25) is 0 Å². The molecule has 1 N–H and O–H groups in total. The van der Waals surface area contributed by atoms with E-state index in [1.807, 2.05) is 0 Å². The molecule has 100 valence electrons. The average Bonchev–Trinajstić information content (AvgIpc) is 2.82. The summed E-state index contributed by atoms with van der Waals surface area (Å²) in [7, 11) is -1.63. The Morgan fingerprint density at radius 3 is 2.68 bits per heavy atom. The van der Waals surface area contributed by atoms with Crippen LogP contribution in [0, 0.1) is 5.82 Å². The monoisotopic (exact) mass is 346 g/mol. The Bertz CT molecular complexity index is 653. The molecule has 4 nitrogen and oxygen atoms in total. The van der Waals surface area contributed by atoms with Crippen LogP contribution in [0.15, 0.2) is 44.3 Å². The Morgan fingerprint density at radius 2 is 2.11 bits per heavy atom. The van der Waals surface area contributed by atoms with Gasteiger partial charge in [-0.25, -0.2) is 9.18 Å². The fraction of sp³-hybridized carbons (Fsp3) is 0.0833. The van der Waals surface area contributed by atoms with Gasteiger partial charge in [0.15, 0.2) is 5.09 Å². The minimum Gasteiger partial charge on any atom is -0.475 e. The summed E-state index contributed by atoms with van der Waals surface area (Å²) in [5, 5.41) is 8.70. The summed E-state index contributed by atoms with van der Waals surface area (Å²) in [5.74, 6) is -2.09. The van der Waals surface area contributed by atoms with E-state index in [-0.39, 0.29) is 22.2 Å². The van der Waals surface area contributed by atoms with E-state index in [0.29, 0.717) is 4.47 Å². The predicted molar refractivity (Wildman–Crippen MR) is 69.9 cm³/mol. The summed E-state index contributed by atoms with van der Waals surface area (Å²) in [6.45, 7) is 0. The summed E-state index contributed by atoms with van der Waals surface area (Å²) in [4.78, 5) is 10.6. The zero-order valence-corrected chi connectivity index (χ0v) is 11.8. The van der Waals surface area contributed by atoms with Gasteiger partial charge in [0, 0.05) is 10.0 Å². The SMILES string of the molecule is O=C(O)c1ccc(S(=O)Cc2ccc(Br)cc2F)o1. The van der Waals surface area contributed by atoms with E-state index in [1.54, 1.807) is 6.07 Å². The molecule has 0 aliphatic heterocycles. The van der Waals surface area contributed by atoms with Crippen molar-refractivity contribution in [2.75, 3.05) is 0 Å². The minimum atomic E-state index is -1.63. The maximum absolute atomic E-state index is 13.6. The summed E-state index contributed by atoms with van der Waals surface area (Å²) in [6.07, 6.45) is 0. The highest BCUT2D eigenvalue weighted by molar-refractivity contribution is 9.10. The lowest BCUT2D eigenvalue weighted by Crippen LogP contribution is -1.98. The second kappa shape index (κ2) is 5.66. The molecule has 0 aliphatic rings. The van der Waals surface area contributed by atoms with Gasteiger partial charge in [0.2, 0.25) is 5.76 Å². The first kappa shape index (κ1) is 14.0. The molecular weight excluding hydrogens is 339 g/mol. The maximum Gasteiger partial charge on any atom is 0.371 e. The molecule has 2 aromatic rings. The maximum atomic E-state index is 13.6. The van der Waals surface area contributed by atoms with Crippen LogP contribution in [0.3, 0.4) is 0 Å². The molecule has 1 aromatic heterocycles. The largest absolute Gasteiger partial charge is 0.475 e. The molecule has 0 spiro atoms. The first-order valence-electron chi connectivity index (χ1n) is 5.13. The molecule has 0 bridgehead atoms. The zero-order valence-electron chi connectivity index (χ0n) is 9.43. The topological polar surface area (TPSA) is 67.5 Å². The second-order valence-electron chi connectivity index (χ2n) is 3.65. The highest BCUT2D eigenvalue weighted by atomic mass is 79.9. The molecule has 0 fully saturated rings. The molecule has 2 rings (SSSR count). The highest BCUT2D eigenvalue weighted by Gasteiger charge is 2.15. The Morgan fingerprint density at radius 1 is 1.37 bits per heavy atom.